The maximum Gasteiger partial charge on any atom is 0.133 e. The molecule has 1 unspecified atom stereocenters. The van der Waals surface area contributed by atoms with Crippen LogP contribution in [0.1, 0.15) is 12.0 Å². The van der Waals surface area contributed by atoms with E-state index in [1.165, 1.54) is 15.6 Å². The molecule has 5 nitrogen and oxygen atoms in total. The normalized spacial score (nSPS) is 17.9. The van der Waals surface area contributed by atoms with E-state index in [0.29, 0.717) is 6.04 Å². The molecule has 0 saturated carbocycles. The number of thiophene rings is 1. The SMILES string of the molecule is CN(C)c1cc(NC2CCN(Cc3csc4ccccc34)C2)ncn1. The van der Waals surface area contributed by atoms with Gasteiger partial charge in [-0.25, -0.2) is 9.97 Å². The molecule has 0 amide bonds. The lowest BCUT2D eigenvalue weighted by Gasteiger charge is -2.18. The van der Waals surface area contributed by atoms with Crippen molar-refractivity contribution in [3.63, 3.8) is 0 Å². The second kappa shape index (κ2) is 6.98. The number of hydrogen-bond acceptors (Lipinski definition) is 6. The van der Waals surface area contributed by atoms with Gasteiger partial charge in [0.05, 0.1) is 0 Å². The third kappa shape index (κ3) is 3.60. The largest absolute Gasteiger partial charge is 0.366 e. The molecule has 1 N–H and O–H groups in total. The van der Waals surface area contributed by atoms with Crippen molar-refractivity contribution >= 4 is 33.1 Å². The van der Waals surface area contributed by atoms with Gasteiger partial charge in [0.1, 0.15) is 18.0 Å². The second-order valence-electron chi connectivity index (χ2n) is 6.78. The van der Waals surface area contributed by atoms with E-state index in [4.69, 9.17) is 0 Å². The zero-order chi connectivity index (χ0) is 17.2. The van der Waals surface area contributed by atoms with E-state index < -0.39 is 0 Å². The molecule has 4 rings (SSSR count). The van der Waals surface area contributed by atoms with Gasteiger partial charge in [0.25, 0.3) is 0 Å². The minimum atomic E-state index is 0.440. The van der Waals surface area contributed by atoms with E-state index in [1.54, 1.807) is 6.33 Å². The molecule has 1 aliphatic heterocycles. The average molecular weight is 353 g/mol. The lowest BCUT2D eigenvalue weighted by molar-refractivity contribution is 0.330. The van der Waals surface area contributed by atoms with Crippen LogP contribution in [-0.2, 0) is 6.54 Å². The Morgan fingerprint density at radius 1 is 1.28 bits per heavy atom. The fourth-order valence-electron chi connectivity index (χ4n) is 3.37. The summed E-state index contributed by atoms with van der Waals surface area (Å²) >= 11 is 1.84. The molecule has 1 saturated heterocycles. The highest BCUT2D eigenvalue weighted by molar-refractivity contribution is 7.17. The molecule has 1 aliphatic rings. The number of aromatic nitrogens is 2. The van der Waals surface area contributed by atoms with Gasteiger partial charge in [0.15, 0.2) is 0 Å². The molecule has 1 atom stereocenters. The van der Waals surface area contributed by atoms with Crippen molar-refractivity contribution in [3.8, 4) is 0 Å². The molecule has 0 radical (unpaired) electrons. The van der Waals surface area contributed by atoms with Crippen LogP contribution in [0.15, 0.2) is 42.0 Å². The van der Waals surface area contributed by atoms with Gasteiger partial charge in [-0.1, -0.05) is 18.2 Å². The zero-order valence-corrected chi connectivity index (χ0v) is 15.5. The molecule has 1 fully saturated rings. The van der Waals surface area contributed by atoms with E-state index in [9.17, 15) is 0 Å². The minimum Gasteiger partial charge on any atom is -0.366 e. The third-order valence-electron chi connectivity index (χ3n) is 4.69. The van der Waals surface area contributed by atoms with E-state index in [0.717, 1.165) is 37.7 Å². The smallest absolute Gasteiger partial charge is 0.133 e. The van der Waals surface area contributed by atoms with Crippen LogP contribution in [0.2, 0.25) is 0 Å². The number of fused-ring (bicyclic) bond motifs is 1. The van der Waals surface area contributed by atoms with Crippen LogP contribution in [0.3, 0.4) is 0 Å². The topological polar surface area (TPSA) is 44.3 Å². The van der Waals surface area contributed by atoms with Gasteiger partial charge in [-0.15, -0.1) is 11.3 Å². The molecule has 25 heavy (non-hydrogen) atoms. The number of anilines is 2. The molecule has 0 bridgehead atoms. The third-order valence-corrected chi connectivity index (χ3v) is 5.70. The van der Waals surface area contributed by atoms with Crippen molar-refractivity contribution < 1.29 is 0 Å². The summed E-state index contributed by atoms with van der Waals surface area (Å²) in [6.07, 6.45) is 2.77. The van der Waals surface area contributed by atoms with Crippen molar-refractivity contribution in [2.45, 2.75) is 19.0 Å². The summed E-state index contributed by atoms with van der Waals surface area (Å²) in [6, 6.07) is 11.1. The standard InChI is InChI=1S/C19H23N5S/c1-23(2)19-9-18(20-13-21-19)22-15-7-8-24(11-15)10-14-12-25-17-6-4-3-5-16(14)17/h3-6,9,12-13,15H,7-8,10-11H2,1-2H3,(H,20,21,22). The molecule has 3 heterocycles. The molecular formula is C19H23N5S. The molecule has 6 heteroatoms. The highest BCUT2D eigenvalue weighted by atomic mass is 32.1. The highest BCUT2D eigenvalue weighted by Crippen LogP contribution is 2.28. The summed E-state index contributed by atoms with van der Waals surface area (Å²) in [5.74, 6) is 1.84. The average Bonchev–Trinajstić information content (AvgIpc) is 3.23. The quantitative estimate of drug-likeness (QED) is 0.761. The van der Waals surface area contributed by atoms with Crippen LogP contribution >= 0.6 is 11.3 Å². The molecular weight excluding hydrogens is 330 g/mol. The predicted octanol–water partition coefficient (Wildman–Crippen LogP) is 3.44. The molecule has 2 aromatic heterocycles. The van der Waals surface area contributed by atoms with Gasteiger partial charge in [-0.2, -0.15) is 0 Å². The Hall–Kier alpha value is -2.18. The second-order valence-corrected chi connectivity index (χ2v) is 7.69. The summed E-state index contributed by atoms with van der Waals surface area (Å²) in [4.78, 5) is 13.2. The Kier molecular flexibility index (Phi) is 4.55. The minimum absolute atomic E-state index is 0.440. The van der Waals surface area contributed by atoms with Gasteiger partial charge < -0.3 is 10.2 Å². The Balaban J connectivity index is 1.39. The first kappa shape index (κ1) is 16.3. The Labute approximate surface area is 152 Å². The first-order valence-corrected chi connectivity index (χ1v) is 9.50. The number of nitrogens with zero attached hydrogens (tertiary/aromatic N) is 4. The monoisotopic (exact) mass is 353 g/mol. The molecule has 0 aliphatic carbocycles. The fourth-order valence-corrected chi connectivity index (χ4v) is 4.32. The number of rotatable bonds is 5. The van der Waals surface area contributed by atoms with E-state index in [-0.39, 0.29) is 0 Å². The van der Waals surface area contributed by atoms with Crippen molar-refractivity contribution in [1.29, 1.82) is 0 Å². The van der Waals surface area contributed by atoms with Gasteiger partial charge >= 0.3 is 0 Å². The first-order valence-electron chi connectivity index (χ1n) is 8.62. The first-order chi connectivity index (χ1) is 12.2. The van der Waals surface area contributed by atoms with E-state index in [1.807, 2.05) is 36.4 Å². The van der Waals surface area contributed by atoms with Gasteiger partial charge in [-0.3, -0.25) is 4.90 Å². The van der Waals surface area contributed by atoms with Crippen molar-refractivity contribution in [2.75, 3.05) is 37.4 Å². The van der Waals surface area contributed by atoms with Crippen molar-refractivity contribution in [2.24, 2.45) is 0 Å². The summed E-state index contributed by atoms with van der Waals surface area (Å²) in [6.45, 7) is 3.19. The maximum atomic E-state index is 4.36. The lowest BCUT2D eigenvalue weighted by Crippen LogP contribution is -2.26. The van der Waals surface area contributed by atoms with Crippen molar-refractivity contribution in [1.82, 2.24) is 14.9 Å². The van der Waals surface area contributed by atoms with Crippen LogP contribution in [-0.4, -0.2) is 48.1 Å². The zero-order valence-electron chi connectivity index (χ0n) is 14.6. The van der Waals surface area contributed by atoms with Crippen LogP contribution in [0.5, 0.6) is 0 Å². The number of nitrogens with one attached hydrogen (secondary N) is 1. The number of hydrogen-bond donors (Lipinski definition) is 1. The lowest BCUT2D eigenvalue weighted by atomic mass is 10.2. The summed E-state index contributed by atoms with van der Waals surface area (Å²) in [5, 5.41) is 7.27. The highest BCUT2D eigenvalue weighted by Gasteiger charge is 2.23. The van der Waals surface area contributed by atoms with Crippen LogP contribution < -0.4 is 10.2 Å². The predicted molar refractivity (Wildman–Crippen MR) is 105 cm³/mol. The number of likely N-dealkylation sites (tertiary alicyclic amines) is 1. The fraction of sp³-hybridized carbons (Fsp3) is 0.368. The molecule has 3 aromatic rings. The summed E-state index contributed by atoms with van der Waals surface area (Å²) < 4.78 is 1.38. The van der Waals surface area contributed by atoms with Gasteiger partial charge in [0.2, 0.25) is 0 Å². The molecule has 1 aromatic carbocycles. The van der Waals surface area contributed by atoms with Crippen LogP contribution in [0, 0.1) is 0 Å². The van der Waals surface area contributed by atoms with Gasteiger partial charge in [-0.05, 0) is 28.8 Å². The van der Waals surface area contributed by atoms with E-state index in [2.05, 4.69) is 49.8 Å². The Bertz CT molecular complexity index is 860. The maximum absolute atomic E-state index is 4.36. The molecule has 0 spiro atoms. The molecule has 130 valence electrons. The van der Waals surface area contributed by atoms with E-state index >= 15 is 0 Å². The van der Waals surface area contributed by atoms with Crippen LogP contribution in [0.4, 0.5) is 11.6 Å². The van der Waals surface area contributed by atoms with Crippen LogP contribution in [0.25, 0.3) is 10.1 Å². The van der Waals surface area contributed by atoms with Gasteiger partial charge in [0, 0.05) is 50.5 Å². The Morgan fingerprint density at radius 3 is 3.04 bits per heavy atom. The van der Waals surface area contributed by atoms with Crippen molar-refractivity contribution in [3.05, 3.63) is 47.6 Å². The summed E-state index contributed by atoms with van der Waals surface area (Å²) in [5.41, 5.74) is 1.44. The number of benzene rings is 1. The Morgan fingerprint density at radius 2 is 2.16 bits per heavy atom. The summed E-state index contributed by atoms with van der Waals surface area (Å²) in [7, 11) is 3.99.